The number of carboxylic acids is 1. The van der Waals surface area contributed by atoms with Gasteiger partial charge in [-0.05, 0) is 24.1 Å². The standard InChI is InChI=1S/C9H11NO3.CH4N2O.H3N/c10-8(9(12)13)5-6-1-3-7(11)4-2-6;2-1(3)4;/h1-4,8,11H,5,10H2,(H,12,13);(H4,2,3,4);1H3/t8-;;/m0../s1. The average molecular weight is 258 g/mol. The number of phenols is 1. The van der Waals surface area contributed by atoms with Gasteiger partial charge >= 0.3 is 12.0 Å². The summed E-state index contributed by atoms with van der Waals surface area (Å²) in [5.74, 6) is -0.860. The normalized spacial score (nSPS) is 10.3. The minimum Gasteiger partial charge on any atom is -0.508 e. The van der Waals surface area contributed by atoms with Crippen molar-refractivity contribution in [1.29, 1.82) is 0 Å². The Labute approximate surface area is 104 Å². The first-order valence-electron chi connectivity index (χ1n) is 4.64. The van der Waals surface area contributed by atoms with Crippen LogP contribution >= 0.6 is 0 Å². The van der Waals surface area contributed by atoms with Gasteiger partial charge in [-0.1, -0.05) is 12.1 Å². The first-order valence-corrected chi connectivity index (χ1v) is 4.64. The summed E-state index contributed by atoms with van der Waals surface area (Å²) in [6.45, 7) is 0. The summed E-state index contributed by atoms with van der Waals surface area (Å²) in [4.78, 5) is 19.4. The second-order valence-corrected chi connectivity index (χ2v) is 3.22. The molecular formula is C10H18N4O4. The highest BCUT2D eigenvalue weighted by Crippen LogP contribution is 2.10. The number of urea groups is 1. The predicted molar refractivity (Wildman–Crippen MR) is 66.2 cm³/mol. The van der Waals surface area contributed by atoms with Crippen molar-refractivity contribution in [3.8, 4) is 5.75 Å². The summed E-state index contributed by atoms with van der Waals surface area (Å²) in [5, 5.41) is 17.5. The van der Waals surface area contributed by atoms with Crippen LogP contribution in [0.5, 0.6) is 5.75 Å². The van der Waals surface area contributed by atoms with E-state index in [4.69, 9.17) is 20.7 Å². The molecule has 0 aromatic heterocycles. The molecule has 1 aromatic carbocycles. The van der Waals surface area contributed by atoms with Gasteiger partial charge in [-0.15, -0.1) is 0 Å². The molecular weight excluding hydrogens is 240 g/mol. The molecule has 0 bridgehead atoms. The lowest BCUT2D eigenvalue weighted by Gasteiger charge is -2.05. The average Bonchev–Trinajstić information content (AvgIpc) is 2.20. The van der Waals surface area contributed by atoms with Gasteiger partial charge in [0.25, 0.3) is 0 Å². The van der Waals surface area contributed by atoms with Crippen molar-refractivity contribution in [2.24, 2.45) is 17.2 Å². The van der Waals surface area contributed by atoms with Crippen molar-refractivity contribution >= 4 is 12.0 Å². The summed E-state index contributed by atoms with van der Waals surface area (Å²) >= 11 is 0. The van der Waals surface area contributed by atoms with E-state index in [0.29, 0.717) is 0 Å². The van der Waals surface area contributed by atoms with Crippen LogP contribution in [0.2, 0.25) is 0 Å². The Morgan fingerprint density at radius 1 is 1.17 bits per heavy atom. The van der Waals surface area contributed by atoms with Crippen molar-refractivity contribution < 1.29 is 19.8 Å². The van der Waals surface area contributed by atoms with Crippen LogP contribution in [0, 0.1) is 0 Å². The number of carboxylic acid groups (broad SMARTS) is 1. The predicted octanol–water partition coefficient (Wildman–Crippen LogP) is -0.468. The first kappa shape index (κ1) is 18.1. The smallest absolute Gasteiger partial charge is 0.320 e. The third-order valence-electron chi connectivity index (χ3n) is 1.71. The van der Waals surface area contributed by atoms with Gasteiger partial charge in [0.15, 0.2) is 0 Å². The summed E-state index contributed by atoms with van der Waals surface area (Å²) in [6, 6.07) is 4.59. The Balaban J connectivity index is 0. The van der Waals surface area contributed by atoms with Gasteiger partial charge in [-0.2, -0.15) is 0 Å². The van der Waals surface area contributed by atoms with Gasteiger partial charge in [0, 0.05) is 0 Å². The molecule has 2 amide bonds. The van der Waals surface area contributed by atoms with Crippen LogP contribution in [-0.4, -0.2) is 28.3 Å². The number of aromatic hydroxyl groups is 1. The van der Waals surface area contributed by atoms with Crippen LogP contribution in [-0.2, 0) is 11.2 Å². The highest BCUT2D eigenvalue weighted by atomic mass is 16.4. The third-order valence-corrected chi connectivity index (χ3v) is 1.71. The number of aliphatic carboxylic acids is 1. The fraction of sp³-hybridized carbons (Fsp3) is 0.200. The van der Waals surface area contributed by atoms with Crippen molar-refractivity contribution in [1.82, 2.24) is 6.15 Å². The van der Waals surface area contributed by atoms with Crippen LogP contribution in [0.1, 0.15) is 5.56 Å². The van der Waals surface area contributed by atoms with Crippen LogP contribution in [0.25, 0.3) is 0 Å². The fourth-order valence-corrected chi connectivity index (χ4v) is 0.973. The largest absolute Gasteiger partial charge is 0.508 e. The van der Waals surface area contributed by atoms with E-state index in [1.54, 1.807) is 12.1 Å². The lowest BCUT2D eigenvalue weighted by atomic mass is 10.1. The van der Waals surface area contributed by atoms with E-state index < -0.39 is 18.0 Å². The Hall–Kier alpha value is -2.32. The lowest BCUT2D eigenvalue weighted by molar-refractivity contribution is -0.138. The maximum absolute atomic E-state index is 10.4. The molecule has 0 aliphatic carbocycles. The number of hydrogen-bond donors (Lipinski definition) is 6. The van der Waals surface area contributed by atoms with E-state index in [-0.39, 0.29) is 18.3 Å². The minimum absolute atomic E-state index is 0. The summed E-state index contributed by atoms with van der Waals surface area (Å²) in [5.41, 5.74) is 14.6. The molecule has 18 heavy (non-hydrogen) atoms. The monoisotopic (exact) mass is 258 g/mol. The second kappa shape index (κ2) is 8.79. The van der Waals surface area contributed by atoms with Gasteiger partial charge in [0.05, 0.1) is 0 Å². The molecule has 102 valence electrons. The molecule has 0 saturated heterocycles. The van der Waals surface area contributed by atoms with Crippen LogP contribution in [0.15, 0.2) is 24.3 Å². The van der Waals surface area contributed by atoms with E-state index in [1.165, 1.54) is 12.1 Å². The topological polar surface area (TPSA) is 188 Å². The Morgan fingerprint density at radius 2 is 1.56 bits per heavy atom. The molecule has 0 saturated carbocycles. The molecule has 0 fully saturated rings. The molecule has 0 aliphatic heterocycles. The number of amides is 2. The molecule has 0 spiro atoms. The SMILES string of the molecule is N.NC(N)=O.N[C@@H](Cc1ccc(O)cc1)C(=O)O. The number of hydrogen-bond acceptors (Lipinski definition) is 5. The van der Waals surface area contributed by atoms with Gasteiger partial charge in [-0.3, -0.25) is 4.79 Å². The van der Waals surface area contributed by atoms with E-state index in [2.05, 4.69) is 11.5 Å². The molecule has 0 unspecified atom stereocenters. The van der Waals surface area contributed by atoms with E-state index in [0.717, 1.165) is 5.56 Å². The molecule has 1 rings (SSSR count). The zero-order valence-electron chi connectivity index (χ0n) is 9.74. The van der Waals surface area contributed by atoms with Crippen molar-refractivity contribution in [2.75, 3.05) is 0 Å². The van der Waals surface area contributed by atoms with E-state index in [9.17, 15) is 4.79 Å². The van der Waals surface area contributed by atoms with Crippen LogP contribution < -0.4 is 23.4 Å². The Kier molecular flexibility index (Phi) is 8.82. The van der Waals surface area contributed by atoms with Crippen LogP contribution in [0.3, 0.4) is 0 Å². The highest BCUT2D eigenvalue weighted by Gasteiger charge is 2.11. The Bertz CT molecular complexity index is 376. The zero-order valence-corrected chi connectivity index (χ0v) is 9.74. The number of carbonyl (C=O) groups excluding carboxylic acids is 1. The van der Waals surface area contributed by atoms with Crippen molar-refractivity contribution in [2.45, 2.75) is 12.5 Å². The second-order valence-electron chi connectivity index (χ2n) is 3.22. The van der Waals surface area contributed by atoms with Gasteiger partial charge in [0.1, 0.15) is 11.8 Å². The zero-order chi connectivity index (χ0) is 13.4. The molecule has 8 heteroatoms. The molecule has 8 nitrogen and oxygen atoms in total. The quantitative estimate of drug-likeness (QED) is 0.425. The third kappa shape index (κ3) is 8.95. The van der Waals surface area contributed by atoms with E-state index >= 15 is 0 Å². The number of nitrogens with two attached hydrogens (primary N) is 3. The lowest BCUT2D eigenvalue weighted by Crippen LogP contribution is -2.32. The van der Waals surface area contributed by atoms with Crippen molar-refractivity contribution in [3.63, 3.8) is 0 Å². The molecule has 1 atom stereocenters. The maximum Gasteiger partial charge on any atom is 0.320 e. The fourth-order valence-electron chi connectivity index (χ4n) is 0.973. The Morgan fingerprint density at radius 3 is 1.89 bits per heavy atom. The molecule has 0 radical (unpaired) electrons. The molecule has 0 heterocycles. The molecule has 0 aliphatic rings. The number of benzene rings is 1. The number of phenolic OH excluding ortho intramolecular Hbond substituents is 1. The highest BCUT2D eigenvalue weighted by molar-refractivity contribution is 5.73. The van der Waals surface area contributed by atoms with Gasteiger partial charge < -0.3 is 33.6 Å². The molecule has 1 aromatic rings. The number of carbonyl (C=O) groups is 2. The minimum atomic E-state index is -1.02. The maximum atomic E-state index is 10.4. The van der Waals surface area contributed by atoms with Crippen LogP contribution in [0.4, 0.5) is 4.79 Å². The first-order chi connectivity index (χ1) is 7.82. The summed E-state index contributed by atoms with van der Waals surface area (Å²) < 4.78 is 0. The van der Waals surface area contributed by atoms with Gasteiger partial charge in [-0.25, -0.2) is 4.79 Å². The van der Waals surface area contributed by atoms with Gasteiger partial charge in [0.2, 0.25) is 0 Å². The van der Waals surface area contributed by atoms with E-state index in [1.807, 2.05) is 0 Å². The number of rotatable bonds is 3. The summed E-state index contributed by atoms with van der Waals surface area (Å²) in [7, 11) is 0. The summed E-state index contributed by atoms with van der Waals surface area (Å²) in [6.07, 6.45) is 0.273. The van der Waals surface area contributed by atoms with Crippen molar-refractivity contribution in [3.05, 3.63) is 29.8 Å². The number of primary amides is 2. The molecule has 11 N–H and O–H groups in total.